The molecule has 2 aliphatic rings. The van der Waals surface area contributed by atoms with Gasteiger partial charge >= 0.3 is 6.03 Å². The molecule has 7 heteroatoms. The Balaban J connectivity index is 1.25. The Kier molecular flexibility index (Phi) is 6.43. The number of amides is 4. The number of imide groups is 1. The molecule has 2 aliphatic heterocycles. The Morgan fingerprint density at radius 2 is 1.58 bits per heavy atom. The molecule has 0 spiro atoms. The number of carbonyl (C=O) groups is 3. The number of benzene rings is 2. The van der Waals surface area contributed by atoms with Crippen molar-refractivity contribution >= 4 is 29.6 Å². The smallest absolute Gasteiger partial charge is 0.329 e. The van der Waals surface area contributed by atoms with Crippen molar-refractivity contribution < 1.29 is 14.4 Å². The first kappa shape index (κ1) is 20.8. The number of para-hydroxylation sites is 1. The van der Waals surface area contributed by atoms with Crippen molar-refractivity contribution in [2.24, 2.45) is 0 Å². The van der Waals surface area contributed by atoms with E-state index in [1.165, 1.54) is 5.56 Å². The van der Waals surface area contributed by atoms with E-state index >= 15 is 0 Å². The topological polar surface area (TPSA) is 73.0 Å². The van der Waals surface area contributed by atoms with Gasteiger partial charge < -0.3 is 10.2 Å². The fourth-order valence-corrected chi connectivity index (χ4v) is 3.88. The minimum Gasteiger partial charge on any atom is -0.340 e. The Morgan fingerprint density at radius 3 is 2.26 bits per heavy atom. The molecule has 1 N–H and O–H groups in total. The zero-order chi connectivity index (χ0) is 21.6. The van der Waals surface area contributed by atoms with Crippen LogP contribution < -0.4 is 10.2 Å². The molecule has 160 valence electrons. The van der Waals surface area contributed by atoms with E-state index in [2.05, 4.69) is 34.5 Å². The lowest BCUT2D eigenvalue weighted by Crippen LogP contribution is -2.50. The SMILES string of the molecule is O=C(CC1NC(=O)N(c2ccccc2)C1=O)N1CCN(C/C=C/c2ccccc2)CC1. The zero-order valence-electron chi connectivity index (χ0n) is 17.3. The maximum Gasteiger partial charge on any atom is 0.329 e. The summed E-state index contributed by atoms with van der Waals surface area (Å²) in [7, 11) is 0. The molecule has 2 aromatic carbocycles. The van der Waals surface area contributed by atoms with Crippen molar-refractivity contribution in [3.63, 3.8) is 0 Å². The molecule has 0 radical (unpaired) electrons. The first-order valence-corrected chi connectivity index (χ1v) is 10.5. The molecule has 4 amide bonds. The highest BCUT2D eigenvalue weighted by Gasteiger charge is 2.40. The molecule has 1 atom stereocenters. The maximum atomic E-state index is 12.7. The van der Waals surface area contributed by atoms with Crippen LogP contribution in [0.25, 0.3) is 6.08 Å². The highest BCUT2D eigenvalue weighted by Crippen LogP contribution is 2.20. The fraction of sp³-hybridized carbons (Fsp3) is 0.292. The second-order valence-electron chi connectivity index (χ2n) is 7.71. The van der Waals surface area contributed by atoms with Crippen LogP contribution in [-0.2, 0) is 9.59 Å². The number of anilines is 1. The molecule has 4 rings (SSSR count). The normalized spacial score (nSPS) is 19.8. The second-order valence-corrected chi connectivity index (χ2v) is 7.71. The third kappa shape index (κ3) is 5.00. The summed E-state index contributed by atoms with van der Waals surface area (Å²) in [5, 5.41) is 2.64. The average molecular weight is 418 g/mol. The van der Waals surface area contributed by atoms with E-state index in [0.29, 0.717) is 18.8 Å². The number of rotatable bonds is 6. The Morgan fingerprint density at radius 1 is 0.935 bits per heavy atom. The van der Waals surface area contributed by atoms with E-state index in [0.717, 1.165) is 24.5 Å². The lowest BCUT2D eigenvalue weighted by molar-refractivity contribution is -0.135. The van der Waals surface area contributed by atoms with Crippen LogP contribution in [0.1, 0.15) is 12.0 Å². The fourth-order valence-electron chi connectivity index (χ4n) is 3.88. The van der Waals surface area contributed by atoms with Gasteiger partial charge in [0.1, 0.15) is 6.04 Å². The minimum absolute atomic E-state index is 0.0121. The number of carbonyl (C=O) groups excluding carboxylic acids is 3. The number of nitrogens with zero attached hydrogens (tertiary/aromatic N) is 3. The van der Waals surface area contributed by atoms with Gasteiger partial charge in [0.15, 0.2) is 0 Å². The van der Waals surface area contributed by atoms with Crippen LogP contribution in [0.3, 0.4) is 0 Å². The summed E-state index contributed by atoms with van der Waals surface area (Å²) in [6.45, 7) is 3.64. The van der Waals surface area contributed by atoms with Gasteiger partial charge in [-0.25, -0.2) is 9.69 Å². The van der Waals surface area contributed by atoms with Crippen LogP contribution in [0.2, 0.25) is 0 Å². The van der Waals surface area contributed by atoms with Gasteiger partial charge in [-0.1, -0.05) is 60.7 Å². The van der Waals surface area contributed by atoms with Crippen LogP contribution >= 0.6 is 0 Å². The van der Waals surface area contributed by atoms with Crippen LogP contribution in [0.5, 0.6) is 0 Å². The highest BCUT2D eigenvalue weighted by atomic mass is 16.2. The van der Waals surface area contributed by atoms with Crippen LogP contribution in [0, 0.1) is 0 Å². The number of urea groups is 1. The van der Waals surface area contributed by atoms with E-state index in [1.807, 2.05) is 24.3 Å². The van der Waals surface area contributed by atoms with Gasteiger partial charge in [-0.15, -0.1) is 0 Å². The summed E-state index contributed by atoms with van der Waals surface area (Å²) < 4.78 is 0. The summed E-state index contributed by atoms with van der Waals surface area (Å²) in [4.78, 5) is 42.8. The zero-order valence-corrected chi connectivity index (χ0v) is 17.3. The van der Waals surface area contributed by atoms with Crippen molar-refractivity contribution in [2.45, 2.75) is 12.5 Å². The summed E-state index contributed by atoms with van der Waals surface area (Å²) in [5.74, 6) is -0.484. The molecule has 0 bridgehead atoms. The van der Waals surface area contributed by atoms with Gasteiger partial charge in [0.2, 0.25) is 5.91 Å². The predicted molar refractivity (Wildman–Crippen MR) is 119 cm³/mol. The minimum atomic E-state index is -0.813. The van der Waals surface area contributed by atoms with E-state index in [1.54, 1.807) is 29.2 Å². The molecule has 2 fully saturated rings. The van der Waals surface area contributed by atoms with E-state index in [-0.39, 0.29) is 18.2 Å². The lowest BCUT2D eigenvalue weighted by Gasteiger charge is -2.34. The first-order chi connectivity index (χ1) is 15.1. The van der Waals surface area contributed by atoms with E-state index in [4.69, 9.17) is 0 Å². The molecule has 1 unspecified atom stereocenters. The summed E-state index contributed by atoms with van der Waals surface area (Å²) in [6, 6.07) is 17.6. The highest BCUT2D eigenvalue weighted by molar-refractivity contribution is 6.22. The molecule has 0 aromatic heterocycles. The van der Waals surface area contributed by atoms with Gasteiger partial charge in [-0.05, 0) is 17.7 Å². The molecular weight excluding hydrogens is 392 g/mol. The number of hydrogen-bond acceptors (Lipinski definition) is 4. The molecule has 2 saturated heterocycles. The van der Waals surface area contributed by atoms with E-state index < -0.39 is 12.1 Å². The third-order valence-corrected chi connectivity index (χ3v) is 5.61. The molecule has 0 saturated carbocycles. The Hall–Kier alpha value is -3.45. The molecule has 2 aromatic rings. The molecule has 0 aliphatic carbocycles. The Bertz CT molecular complexity index is 953. The van der Waals surface area contributed by atoms with Crippen molar-refractivity contribution in [3.8, 4) is 0 Å². The first-order valence-electron chi connectivity index (χ1n) is 10.5. The number of nitrogens with one attached hydrogen (secondary N) is 1. The van der Waals surface area contributed by atoms with Crippen LogP contribution in [0.15, 0.2) is 66.7 Å². The van der Waals surface area contributed by atoms with Crippen molar-refractivity contribution in [1.29, 1.82) is 0 Å². The standard InChI is InChI=1S/C24H26N4O3/c29-22(18-21-23(30)28(24(31)25-21)20-11-5-2-6-12-20)27-16-14-26(15-17-27)13-7-10-19-8-3-1-4-9-19/h1-12,21H,13-18H2,(H,25,31)/b10-7+. The van der Waals surface area contributed by atoms with Gasteiger partial charge in [-0.2, -0.15) is 0 Å². The molecule has 2 heterocycles. The molecule has 31 heavy (non-hydrogen) atoms. The molecular formula is C24H26N4O3. The van der Waals surface area contributed by atoms with Gasteiger partial charge in [0.05, 0.1) is 12.1 Å². The summed E-state index contributed by atoms with van der Waals surface area (Å²) >= 11 is 0. The van der Waals surface area contributed by atoms with Crippen molar-refractivity contribution in [2.75, 3.05) is 37.6 Å². The predicted octanol–water partition coefficient (Wildman–Crippen LogP) is 2.36. The Labute approximate surface area is 181 Å². The number of hydrogen-bond donors (Lipinski definition) is 1. The molecule has 7 nitrogen and oxygen atoms in total. The van der Waals surface area contributed by atoms with E-state index in [9.17, 15) is 14.4 Å². The van der Waals surface area contributed by atoms with Crippen molar-refractivity contribution in [1.82, 2.24) is 15.1 Å². The van der Waals surface area contributed by atoms with Gasteiger partial charge in [0.25, 0.3) is 5.91 Å². The largest absolute Gasteiger partial charge is 0.340 e. The lowest BCUT2D eigenvalue weighted by atomic mass is 10.1. The average Bonchev–Trinajstić information content (AvgIpc) is 3.08. The maximum absolute atomic E-state index is 12.7. The van der Waals surface area contributed by atoms with Crippen molar-refractivity contribution in [3.05, 3.63) is 72.3 Å². The second kappa shape index (κ2) is 9.57. The summed E-state index contributed by atoms with van der Waals surface area (Å²) in [6.07, 6.45) is 4.23. The third-order valence-electron chi connectivity index (χ3n) is 5.61. The van der Waals surface area contributed by atoms with Crippen LogP contribution in [0.4, 0.5) is 10.5 Å². The monoisotopic (exact) mass is 418 g/mol. The van der Waals surface area contributed by atoms with Gasteiger partial charge in [0, 0.05) is 32.7 Å². The number of piperazine rings is 1. The summed E-state index contributed by atoms with van der Waals surface area (Å²) in [5.41, 5.74) is 1.68. The van der Waals surface area contributed by atoms with Gasteiger partial charge in [-0.3, -0.25) is 14.5 Å². The van der Waals surface area contributed by atoms with Crippen LogP contribution in [-0.4, -0.2) is 66.4 Å². The quantitative estimate of drug-likeness (QED) is 0.731.